The minimum atomic E-state index is -0.223. The Morgan fingerprint density at radius 3 is 2.61 bits per heavy atom. The third-order valence-electron chi connectivity index (χ3n) is 5.55. The highest BCUT2D eigenvalue weighted by molar-refractivity contribution is 5.93. The Bertz CT molecular complexity index is 859. The monoisotopic (exact) mass is 382 g/mol. The summed E-state index contributed by atoms with van der Waals surface area (Å²) in [5.74, 6) is 1.04. The highest BCUT2D eigenvalue weighted by Gasteiger charge is 2.37. The summed E-state index contributed by atoms with van der Waals surface area (Å²) >= 11 is 0. The van der Waals surface area contributed by atoms with Gasteiger partial charge in [0.15, 0.2) is 0 Å². The Morgan fingerprint density at radius 1 is 1.18 bits per heavy atom. The number of amides is 2. The molecule has 0 aliphatic carbocycles. The van der Waals surface area contributed by atoms with Crippen LogP contribution >= 0.6 is 0 Å². The highest BCUT2D eigenvalue weighted by atomic mass is 16.2. The Balaban J connectivity index is 1.30. The van der Waals surface area contributed by atoms with Crippen LogP contribution in [0.5, 0.6) is 0 Å². The molecule has 0 spiro atoms. The number of hydrogen-bond donors (Lipinski definition) is 1. The van der Waals surface area contributed by atoms with Crippen LogP contribution in [0.4, 0.5) is 0 Å². The van der Waals surface area contributed by atoms with Crippen LogP contribution in [0, 0.1) is 18.8 Å². The molecule has 3 heterocycles. The van der Waals surface area contributed by atoms with Gasteiger partial charge in [-0.25, -0.2) is 9.67 Å². The predicted octanol–water partition coefficient (Wildman–Crippen LogP) is 0.716. The van der Waals surface area contributed by atoms with Crippen molar-refractivity contribution < 1.29 is 9.59 Å². The predicted molar refractivity (Wildman–Crippen MR) is 104 cm³/mol. The fourth-order valence-electron chi connectivity index (χ4n) is 3.83. The maximum atomic E-state index is 12.6. The Kier molecular flexibility index (Phi) is 5.13. The molecule has 0 saturated carbocycles. The maximum Gasteiger partial charge on any atom is 0.293 e. The third kappa shape index (κ3) is 3.77. The average molecular weight is 382 g/mol. The molecule has 0 bridgehead atoms. The molecule has 2 fully saturated rings. The van der Waals surface area contributed by atoms with Gasteiger partial charge in [-0.2, -0.15) is 0 Å². The van der Waals surface area contributed by atoms with E-state index in [9.17, 15) is 9.59 Å². The fourth-order valence-corrected chi connectivity index (χ4v) is 3.83. The molecule has 2 amide bonds. The van der Waals surface area contributed by atoms with Crippen molar-refractivity contribution in [2.45, 2.75) is 13.3 Å². The van der Waals surface area contributed by atoms with E-state index in [0.29, 0.717) is 24.8 Å². The number of carbonyl (C=O) groups excluding carboxylic acids is 2. The van der Waals surface area contributed by atoms with Gasteiger partial charge in [0.1, 0.15) is 5.82 Å². The van der Waals surface area contributed by atoms with Crippen molar-refractivity contribution in [3.8, 4) is 5.69 Å². The normalized spacial score (nSPS) is 20.2. The number of para-hydroxylation sites is 1. The molecule has 1 unspecified atom stereocenters. The first-order chi connectivity index (χ1) is 13.5. The zero-order chi connectivity index (χ0) is 19.7. The van der Waals surface area contributed by atoms with Crippen molar-refractivity contribution in [1.82, 2.24) is 29.9 Å². The molecule has 0 radical (unpaired) electrons. The van der Waals surface area contributed by atoms with E-state index >= 15 is 0 Å². The summed E-state index contributed by atoms with van der Waals surface area (Å²) in [5.41, 5.74) is 0.866. The average Bonchev–Trinajstić information content (AvgIpc) is 3.25. The first-order valence-corrected chi connectivity index (χ1v) is 9.76. The SMILES string of the molecule is Cc1nc(C(=O)N2CC(C(=O)NCC3CCN(C)C3)C2)nn1-c1ccccc1. The van der Waals surface area contributed by atoms with Crippen LogP contribution in [-0.2, 0) is 4.79 Å². The van der Waals surface area contributed by atoms with Crippen molar-refractivity contribution in [2.75, 3.05) is 39.8 Å². The molecule has 2 aliphatic rings. The number of aromatic nitrogens is 3. The van der Waals surface area contributed by atoms with Gasteiger partial charge < -0.3 is 15.1 Å². The number of aryl methyl sites for hydroxylation is 1. The molecule has 2 aromatic rings. The van der Waals surface area contributed by atoms with Crippen LogP contribution in [-0.4, -0.2) is 76.2 Å². The van der Waals surface area contributed by atoms with Crippen LogP contribution in [0.15, 0.2) is 30.3 Å². The second-order valence-corrected chi connectivity index (χ2v) is 7.80. The zero-order valence-corrected chi connectivity index (χ0v) is 16.3. The number of rotatable bonds is 5. The third-order valence-corrected chi connectivity index (χ3v) is 5.55. The molecule has 28 heavy (non-hydrogen) atoms. The van der Waals surface area contributed by atoms with E-state index in [0.717, 1.165) is 31.7 Å². The second kappa shape index (κ2) is 7.71. The first kappa shape index (κ1) is 18.6. The summed E-state index contributed by atoms with van der Waals surface area (Å²) in [7, 11) is 2.10. The van der Waals surface area contributed by atoms with Gasteiger partial charge >= 0.3 is 0 Å². The van der Waals surface area contributed by atoms with Crippen LogP contribution in [0.1, 0.15) is 22.9 Å². The van der Waals surface area contributed by atoms with Gasteiger partial charge in [0.05, 0.1) is 11.6 Å². The summed E-state index contributed by atoms with van der Waals surface area (Å²) in [6, 6.07) is 9.60. The number of hydrogen-bond acceptors (Lipinski definition) is 5. The highest BCUT2D eigenvalue weighted by Crippen LogP contribution is 2.19. The number of nitrogens with zero attached hydrogens (tertiary/aromatic N) is 5. The number of likely N-dealkylation sites (tertiary alicyclic amines) is 2. The maximum absolute atomic E-state index is 12.6. The lowest BCUT2D eigenvalue weighted by molar-refractivity contribution is -0.129. The Labute approximate surface area is 164 Å². The Hall–Kier alpha value is -2.74. The van der Waals surface area contributed by atoms with Crippen molar-refractivity contribution in [3.05, 3.63) is 42.0 Å². The van der Waals surface area contributed by atoms with Gasteiger partial charge in [0.25, 0.3) is 5.91 Å². The van der Waals surface area contributed by atoms with Crippen LogP contribution in [0.25, 0.3) is 5.69 Å². The molecule has 1 atom stereocenters. The molecular formula is C20H26N6O2. The lowest BCUT2D eigenvalue weighted by Gasteiger charge is -2.37. The standard InChI is InChI=1S/C20H26N6O2/c1-14-22-18(23-26(14)17-6-4-3-5-7-17)20(28)25-12-16(13-25)19(27)21-10-15-8-9-24(2)11-15/h3-7,15-16H,8-13H2,1-2H3,(H,21,27). The van der Waals surface area contributed by atoms with Gasteiger partial charge in [0, 0.05) is 26.2 Å². The van der Waals surface area contributed by atoms with E-state index in [1.54, 1.807) is 9.58 Å². The van der Waals surface area contributed by atoms with Gasteiger partial charge in [-0.1, -0.05) is 18.2 Å². The topological polar surface area (TPSA) is 83.4 Å². The molecule has 148 valence electrons. The second-order valence-electron chi connectivity index (χ2n) is 7.80. The van der Waals surface area contributed by atoms with Crippen molar-refractivity contribution in [3.63, 3.8) is 0 Å². The summed E-state index contributed by atoms with van der Waals surface area (Å²) < 4.78 is 1.66. The molecule has 2 saturated heterocycles. The van der Waals surface area contributed by atoms with Gasteiger partial charge in [-0.05, 0) is 45.0 Å². The van der Waals surface area contributed by atoms with Gasteiger partial charge in [-0.15, -0.1) is 5.10 Å². The van der Waals surface area contributed by atoms with E-state index in [-0.39, 0.29) is 23.6 Å². The van der Waals surface area contributed by atoms with Crippen molar-refractivity contribution in [1.29, 1.82) is 0 Å². The van der Waals surface area contributed by atoms with E-state index in [1.165, 1.54) is 0 Å². The number of benzene rings is 1. The molecule has 4 rings (SSSR count). The van der Waals surface area contributed by atoms with Crippen molar-refractivity contribution in [2.24, 2.45) is 11.8 Å². The van der Waals surface area contributed by atoms with Crippen LogP contribution < -0.4 is 5.32 Å². The largest absolute Gasteiger partial charge is 0.355 e. The minimum absolute atomic E-state index is 0.0394. The van der Waals surface area contributed by atoms with Crippen molar-refractivity contribution >= 4 is 11.8 Å². The van der Waals surface area contributed by atoms with Gasteiger partial charge in [0.2, 0.25) is 11.7 Å². The van der Waals surface area contributed by atoms with E-state index < -0.39 is 0 Å². The summed E-state index contributed by atoms with van der Waals surface area (Å²) in [6.07, 6.45) is 1.13. The zero-order valence-electron chi connectivity index (χ0n) is 16.3. The lowest BCUT2D eigenvalue weighted by atomic mass is 9.98. The summed E-state index contributed by atoms with van der Waals surface area (Å²) in [5, 5.41) is 7.40. The molecule has 1 aromatic carbocycles. The molecule has 2 aliphatic heterocycles. The molecular weight excluding hydrogens is 356 g/mol. The molecule has 1 aromatic heterocycles. The molecule has 8 heteroatoms. The first-order valence-electron chi connectivity index (χ1n) is 9.76. The number of nitrogens with one attached hydrogen (secondary N) is 1. The molecule has 8 nitrogen and oxygen atoms in total. The minimum Gasteiger partial charge on any atom is -0.355 e. The van der Waals surface area contributed by atoms with E-state index in [4.69, 9.17) is 0 Å². The fraction of sp³-hybridized carbons (Fsp3) is 0.500. The smallest absolute Gasteiger partial charge is 0.293 e. The van der Waals surface area contributed by atoms with Crippen LogP contribution in [0.2, 0.25) is 0 Å². The lowest BCUT2D eigenvalue weighted by Crippen LogP contribution is -2.56. The summed E-state index contributed by atoms with van der Waals surface area (Å²) in [4.78, 5) is 33.2. The quantitative estimate of drug-likeness (QED) is 0.824. The van der Waals surface area contributed by atoms with E-state index in [1.807, 2.05) is 37.3 Å². The molecule has 1 N–H and O–H groups in total. The summed E-state index contributed by atoms with van der Waals surface area (Å²) in [6.45, 7) is 5.51. The van der Waals surface area contributed by atoms with E-state index in [2.05, 4.69) is 27.3 Å². The van der Waals surface area contributed by atoms with Gasteiger partial charge in [-0.3, -0.25) is 9.59 Å². The van der Waals surface area contributed by atoms with Crippen LogP contribution in [0.3, 0.4) is 0 Å². The number of carbonyl (C=O) groups is 2. The Morgan fingerprint density at radius 2 is 1.93 bits per heavy atom.